The van der Waals surface area contributed by atoms with E-state index in [1.54, 1.807) is 12.1 Å². The fourth-order valence-corrected chi connectivity index (χ4v) is 3.08. The minimum atomic E-state index is -3.80. The number of benzene rings is 2. The van der Waals surface area contributed by atoms with E-state index in [0.717, 1.165) is 0 Å². The van der Waals surface area contributed by atoms with E-state index in [4.69, 9.17) is 14.2 Å². The highest BCUT2D eigenvalue weighted by molar-refractivity contribution is 7.92. The molecule has 0 aliphatic heterocycles. The molecular formula is C17H19NO7S. The molecule has 0 radical (unpaired) electrons. The van der Waals surface area contributed by atoms with Crippen molar-refractivity contribution in [1.82, 2.24) is 0 Å². The molecule has 140 valence electrons. The van der Waals surface area contributed by atoms with E-state index in [2.05, 4.69) is 9.46 Å². The van der Waals surface area contributed by atoms with E-state index in [1.807, 2.05) is 0 Å². The van der Waals surface area contributed by atoms with E-state index >= 15 is 0 Å². The Kier molecular flexibility index (Phi) is 6.29. The molecule has 0 saturated heterocycles. The first-order chi connectivity index (χ1) is 12.4. The van der Waals surface area contributed by atoms with Crippen molar-refractivity contribution in [1.29, 1.82) is 0 Å². The molecule has 0 bridgehead atoms. The highest BCUT2D eigenvalue weighted by atomic mass is 32.2. The van der Waals surface area contributed by atoms with Crippen LogP contribution in [0.15, 0.2) is 47.4 Å². The Balaban J connectivity index is 2.13. The molecule has 0 saturated carbocycles. The van der Waals surface area contributed by atoms with Crippen molar-refractivity contribution in [3.8, 4) is 17.2 Å². The Morgan fingerprint density at radius 3 is 2.19 bits per heavy atom. The zero-order valence-electron chi connectivity index (χ0n) is 14.5. The lowest BCUT2D eigenvalue weighted by Crippen LogP contribution is -2.14. The second kappa shape index (κ2) is 8.43. The van der Waals surface area contributed by atoms with Gasteiger partial charge in [0.1, 0.15) is 5.75 Å². The molecule has 0 spiro atoms. The van der Waals surface area contributed by atoms with Gasteiger partial charge in [-0.1, -0.05) is 0 Å². The summed E-state index contributed by atoms with van der Waals surface area (Å²) < 4.78 is 47.3. The van der Waals surface area contributed by atoms with Crippen LogP contribution in [0.25, 0.3) is 0 Å². The number of nitrogens with one attached hydrogen (secondary N) is 1. The minimum Gasteiger partial charge on any atom is -0.493 e. The van der Waals surface area contributed by atoms with Crippen LogP contribution < -0.4 is 18.9 Å². The van der Waals surface area contributed by atoms with Gasteiger partial charge < -0.3 is 18.9 Å². The minimum absolute atomic E-state index is 0.0395. The summed E-state index contributed by atoms with van der Waals surface area (Å²) in [5, 5.41) is 0. The standard InChI is InChI=1S/C17H19NO7S/c1-22-15-9-4-12(10-16(15)23-2)18-26(20,21)14-7-5-13(6-8-14)25-11-17(19)24-3/h4-10,18H,11H2,1-3H3. The van der Waals surface area contributed by atoms with Gasteiger partial charge in [0.05, 0.1) is 31.9 Å². The monoisotopic (exact) mass is 381 g/mol. The summed E-state index contributed by atoms with van der Waals surface area (Å²) in [6.07, 6.45) is 0. The number of methoxy groups -OCH3 is 3. The van der Waals surface area contributed by atoms with Crippen molar-refractivity contribution in [2.45, 2.75) is 4.90 Å². The number of carbonyl (C=O) groups is 1. The second-order valence-electron chi connectivity index (χ2n) is 5.01. The van der Waals surface area contributed by atoms with Gasteiger partial charge in [0, 0.05) is 6.07 Å². The van der Waals surface area contributed by atoms with E-state index in [1.165, 1.54) is 51.7 Å². The Bertz CT molecular complexity index is 863. The number of ether oxygens (including phenoxy) is 4. The summed E-state index contributed by atoms with van der Waals surface area (Å²) >= 11 is 0. The first-order valence-electron chi connectivity index (χ1n) is 7.44. The van der Waals surface area contributed by atoms with Gasteiger partial charge in [-0.2, -0.15) is 0 Å². The Labute approximate surface area is 151 Å². The van der Waals surface area contributed by atoms with Crippen LogP contribution in [0.1, 0.15) is 0 Å². The largest absolute Gasteiger partial charge is 0.493 e. The molecule has 0 fully saturated rings. The van der Waals surface area contributed by atoms with Crippen LogP contribution in [0.4, 0.5) is 5.69 Å². The summed E-state index contributed by atoms with van der Waals surface area (Å²) in [5.74, 6) is 0.707. The Morgan fingerprint density at radius 2 is 1.62 bits per heavy atom. The third-order valence-electron chi connectivity index (χ3n) is 3.35. The van der Waals surface area contributed by atoms with Crippen molar-refractivity contribution in [2.75, 3.05) is 32.7 Å². The van der Waals surface area contributed by atoms with Gasteiger partial charge in [0.2, 0.25) is 0 Å². The molecule has 1 N–H and O–H groups in total. The molecular weight excluding hydrogens is 362 g/mol. The maximum absolute atomic E-state index is 12.5. The average molecular weight is 381 g/mol. The molecule has 2 aromatic carbocycles. The third-order valence-corrected chi connectivity index (χ3v) is 4.75. The first kappa shape index (κ1) is 19.4. The molecule has 0 heterocycles. The number of sulfonamides is 1. The third kappa shape index (κ3) is 4.79. The quantitative estimate of drug-likeness (QED) is 0.699. The molecule has 9 heteroatoms. The number of anilines is 1. The molecule has 0 aromatic heterocycles. The predicted octanol–water partition coefficient (Wildman–Crippen LogP) is 2.06. The fraction of sp³-hybridized carbons (Fsp3) is 0.235. The summed E-state index contributed by atoms with van der Waals surface area (Å²) in [5.41, 5.74) is 0.327. The highest BCUT2D eigenvalue weighted by Crippen LogP contribution is 2.30. The van der Waals surface area contributed by atoms with Crippen molar-refractivity contribution >= 4 is 21.7 Å². The van der Waals surface area contributed by atoms with Gasteiger partial charge in [-0.05, 0) is 36.4 Å². The van der Waals surface area contributed by atoms with Crippen LogP contribution in [-0.2, 0) is 19.6 Å². The SMILES string of the molecule is COC(=O)COc1ccc(S(=O)(=O)Nc2ccc(OC)c(OC)c2)cc1. The van der Waals surface area contributed by atoms with Crippen LogP contribution in [-0.4, -0.2) is 42.3 Å². The Hall–Kier alpha value is -2.94. The van der Waals surface area contributed by atoms with Crippen molar-refractivity contribution in [3.63, 3.8) is 0 Å². The summed E-state index contributed by atoms with van der Waals surface area (Å²) in [4.78, 5) is 11.1. The van der Waals surface area contributed by atoms with Gasteiger partial charge in [-0.25, -0.2) is 13.2 Å². The normalized spacial score (nSPS) is 10.7. The molecule has 0 unspecified atom stereocenters. The molecule has 0 amide bonds. The zero-order chi connectivity index (χ0) is 19.2. The lowest BCUT2D eigenvalue weighted by Gasteiger charge is -2.12. The van der Waals surface area contributed by atoms with Crippen LogP contribution in [0.5, 0.6) is 17.2 Å². The number of rotatable bonds is 8. The van der Waals surface area contributed by atoms with Crippen molar-refractivity contribution in [2.24, 2.45) is 0 Å². The van der Waals surface area contributed by atoms with Crippen LogP contribution in [0, 0.1) is 0 Å². The van der Waals surface area contributed by atoms with Crippen LogP contribution in [0.2, 0.25) is 0 Å². The fourth-order valence-electron chi connectivity index (χ4n) is 2.03. The number of hydrogen-bond acceptors (Lipinski definition) is 7. The number of carbonyl (C=O) groups excluding carboxylic acids is 1. The number of hydrogen-bond donors (Lipinski definition) is 1. The van der Waals surface area contributed by atoms with Gasteiger partial charge in [-0.15, -0.1) is 0 Å². The average Bonchev–Trinajstić information content (AvgIpc) is 2.65. The second-order valence-corrected chi connectivity index (χ2v) is 6.69. The zero-order valence-corrected chi connectivity index (χ0v) is 15.3. The molecule has 0 atom stereocenters. The van der Waals surface area contributed by atoms with E-state index in [9.17, 15) is 13.2 Å². The van der Waals surface area contributed by atoms with Crippen LogP contribution >= 0.6 is 0 Å². The topological polar surface area (TPSA) is 100 Å². The molecule has 8 nitrogen and oxygen atoms in total. The van der Waals surface area contributed by atoms with Gasteiger partial charge in [-0.3, -0.25) is 4.72 Å². The molecule has 2 rings (SSSR count). The van der Waals surface area contributed by atoms with Crippen molar-refractivity contribution in [3.05, 3.63) is 42.5 Å². The molecule has 0 aliphatic rings. The van der Waals surface area contributed by atoms with Crippen LogP contribution in [0.3, 0.4) is 0 Å². The Morgan fingerprint density at radius 1 is 0.962 bits per heavy atom. The van der Waals surface area contributed by atoms with Gasteiger partial charge in [0.15, 0.2) is 18.1 Å². The number of esters is 1. The van der Waals surface area contributed by atoms with Gasteiger partial charge in [0.25, 0.3) is 10.0 Å². The van der Waals surface area contributed by atoms with E-state index in [-0.39, 0.29) is 11.5 Å². The summed E-state index contributed by atoms with van der Waals surface area (Å²) in [7, 11) is 0.400. The lowest BCUT2D eigenvalue weighted by molar-refractivity contribution is -0.142. The molecule has 0 aliphatic carbocycles. The van der Waals surface area contributed by atoms with E-state index in [0.29, 0.717) is 22.9 Å². The smallest absolute Gasteiger partial charge is 0.343 e. The van der Waals surface area contributed by atoms with Gasteiger partial charge >= 0.3 is 5.97 Å². The summed E-state index contributed by atoms with van der Waals surface area (Å²) in [6.45, 7) is -0.257. The first-order valence-corrected chi connectivity index (χ1v) is 8.92. The van der Waals surface area contributed by atoms with Crippen molar-refractivity contribution < 1.29 is 32.2 Å². The maximum atomic E-state index is 12.5. The molecule has 2 aromatic rings. The molecule has 26 heavy (non-hydrogen) atoms. The summed E-state index contributed by atoms with van der Waals surface area (Å²) in [6, 6.07) is 10.3. The maximum Gasteiger partial charge on any atom is 0.343 e. The lowest BCUT2D eigenvalue weighted by atomic mass is 10.3. The highest BCUT2D eigenvalue weighted by Gasteiger charge is 2.16. The van der Waals surface area contributed by atoms with E-state index < -0.39 is 16.0 Å². The predicted molar refractivity (Wildman–Crippen MR) is 94.3 cm³/mol.